The van der Waals surface area contributed by atoms with E-state index in [2.05, 4.69) is 15.8 Å². The fourth-order valence-electron chi connectivity index (χ4n) is 2.47. The molecular formula is C18H15F3N4O2. The largest absolute Gasteiger partial charge is 0.416 e. The Morgan fingerprint density at radius 1 is 1.11 bits per heavy atom. The molecule has 1 amide bonds. The summed E-state index contributed by atoms with van der Waals surface area (Å²) < 4.78 is 39.3. The molecule has 27 heavy (non-hydrogen) atoms. The minimum Gasteiger partial charge on any atom is -0.299 e. The maximum Gasteiger partial charge on any atom is 0.416 e. The molecule has 0 aliphatic rings. The van der Waals surface area contributed by atoms with Gasteiger partial charge in [0.15, 0.2) is 0 Å². The lowest BCUT2D eigenvalue weighted by Crippen LogP contribution is -2.31. The quantitative estimate of drug-likeness (QED) is 0.672. The molecule has 9 heteroatoms. The number of hydrazine groups is 1. The molecule has 0 radical (unpaired) electrons. The number of nitrogens with zero attached hydrogens (tertiary/aromatic N) is 2. The van der Waals surface area contributed by atoms with Gasteiger partial charge in [-0.1, -0.05) is 18.2 Å². The summed E-state index contributed by atoms with van der Waals surface area (Å²) in [5.74, 6) is -0.479. The number of aromatic nitrogens is 2. The lowest BCUT2D eigenvalue weighted by Gasteiger charge is -2.12. The molecule has 1 heterocycles. The number of hydrogen-bond donors (Lipinski definition) is 2. The molecule has 3 aromatic rings. The van der Waals surface area contributed by atoms with Crippen LogP contribution in [0.25, 0.3) is 10.9 Å². The summed E-state index contributed by atoms with van der Waals surface area (Å²) in [4.78, 5) is 28.4. The van der Waals surface area contributed by atoms with Crippen LogP contribution in [-0.4, -0.2) is 15.5 Å². The molecule has 2 aromatic carbocycles. The zero-order valence-corrected chi connectivity index (χ0v) is 14.0. The molecule has 0 atom stereocenters. The van der Waals surface area contributed by atoms with Crippen molar-refractivity contribution in [3.8, 4) is 0 Å². The Bertz CT molecular complexity index is 1030. The molecule has 0 aliphatic heterocycles. The number of carbonyl (C=O) groups excluding carboxylic acids is 1. The number of fused-ring (bicyclic) bond motifs is 1. The normalized spacial score (nSPS) is 11.4. The summed E-state index contributed by atoms with van der Waals surface area (Å²) in [6.07, 6.45) is -3.16. The van der Waals surface area contributed by atoms with Crippen molar-refractivity contribution in [3.05, 3.63) is 70.8 Å². The predicted octanol–water partition coefficient (Wildman–Crippen LogP) is 2.95. The lowest BCUT2D eigenvalue weighted by atomic mass is 10.2. The third kappa shape index (κ3) is 4.43. The minimum atomic E-state index is -4.47. The second-order valence-electron chi connectivity index (χ2n) is 5.76. The number of anilines is 1. The number of nitrogens with one attached hydrogen (secondary N) is 2. The number of halogens is 3. The van der Waals surface area contributed by atoms with E-state index in [0.717, 1.165) is 12.1 Å². The average Bonchev–Trinajstić information content (AvgIpc) is 2.65. The predicted molar refractivity (Wildman–Crippen MR) is 93.8 cm³/mol. The van der Waals surface area contributed by atoms with Gasteiger partial charge in [-0.05, 0) is 30.3 Å². The molecule has 0 spiro atoms. The van der Waals surface area contributed by atoms with E-state index in [1.54, 1.807) is 24.3 Å². The van der Waals surface area contributed by atoms with E-state index < -0.39 is 17.6 Å². The van der Waals surface area contributed by atoms with Crippen LogP contribution in [0.5, 0.6) is 0 Å². The molecule has 140 valence electrons. The van der Waals surface area contributed by atoms with Crippen LogP contribution in [0.1, 0.15) is 12.0 Å². The number of para-hydroxylation sites is 1. The fourth-order valence-corrected chi connectivity index (χ4v) is 2.47. The van der Waals surface area contributed by atoms with Crippen molar-refractivity contribution in [1.82, 2.24) is 15.0 Å². The minimum absolute atomic E-state index is 0.0497. The van der Waals surface area contributed by atoms with E-state index in [1.807, 2.05) is 0 Å². The smallest absolute Gasteiger partial charge is 0.299 e. The first-order valence-electron chi connectivity index (χ1n) is 8.01. The van der Waals surface area contributed by atoms with Crippen molar-refractivity contribution < 1.29 is 18.0 Å². The number of aryl methyl sites for hydroxylation is 1. The first kappa shape index (κ1) is 18.4. The molecule has 2 N–H and O–H groups in total. The number of benzene rings is 2. The third-order valence-corrected chi connectivity index (χ3v) is 3.85. The Balaban J connectivity index is 1.59. The van der Waals surface area contributed by atoms with Crippen molar-refractivity contribution in [2.75, 3.05) is 5.43 Å². The maximum absolute atomic E-state index is 12.7. The topological polar surface area (TPSA) is 76.0 Å². The fraction of sp³-hybridized carbons (Fsp3) is 0.167. The lowest BCUT2D eigenvalue weighted by molar-refractivity contribution is -0.137. The van der Waals surface area contributed by atoms with E-state index >= 15 is 0 Å². The summed E-state index contributed by atoms with van der Waals surface area (Å²) in [6.45, 7) is 0.0901. The standard InChI is InChI=1S/C18H15F3N4O2/c19-18(20,21)12-4-3-5-13(10-12)23-24-16(26)8-9-25-11-22-15-7-2-1-6-14(15)17(25)27/h1-7,10-11,23H,8-9H2,(H,24,26). The number of carbonyl (C=O) groups is 1. The van der Waals surface area contributed by atoms with Gasteiger partial charge in [0.25, 0.3) is 5.56 Å². The zero-order valence-electron chi connectivity index (χ0n) is 14.0. The van der Waals surface area contributed by atoms with Gasteiger partial charge in [0, 0.05) is 13.0 Å². The van der Waals surface area contributed by atoms with Gasteiger partial charge in [-0.25, -0.2) is 4.98 Å². The van der Waals surface area contributed by atoms with E-state index in [4.69, 9.17) is 0 Å². The van der Waals surface area contributed by atoms with Crippen LogP contribution in [0.15, 0.2) is 59.7 Å². The van der Waals surface area contributed by atoms with Crippen molar-refractivity contribution in [2.45, 2.75) is 19.1 Å². The van der Waals surface area contributed by atoms with Gasteiger partial charge in [0.05, 0.1) is 28.5 Å². The second kappa shape index (κ2) is 7.48. The Hall–Kier alpha value is -3.36. The number of amides is 1. The molecule has 0 saturated heterocycles. The summed E-state index contributed by atoms with van der Waals surface area (Å²) in [5.41, 5.74) is 4.32. The van der Waals surface area contributed by atoms with Gasteiger partial charge in [0.1, 0.15) is 0 Å². The summed E-state index contributed by atoms with van der Waals surface area (Å²) in [5, 5.41) is 0.447. The highest BCUT2D eigenvalue weighted by Crippen LogP contribution is 2.30. The van der Waals surface area contributed by atoms with Gasteiger partial charge in [-0.2, -0.15) is 13.2 Å². The summed E-state index contributed by atoms with van der Waals surface area (Å²) in [6, 6.07) is 11.3. The van der Waals surface area contributed by atoms with E-state index in [9.17, 15) is 22.8 Å². The molecule has 0 unspecified atom stereocenters. The number of alkyl halides is 3. The monoisotopic (exact) mass is 376 g/mol. The SMILES string of the molecule is O=C(CCn1cnc2ccccc2c1=O)NNc1cccc(C(F)(F)F)c1. The molecule has 6 nitrogen and oxygen atoms in total. The molecule has 0 bridgehead atoms. The van der Waals surface area contributed by atoms with Crippen molar-refractivity contribution in [3.63, 3.8) is 0 Å². The Kier molecular flexibility index (Phi) is 5.11. The summed E-state index contributed by atoms with van der Waals surface area (Å²) in [7, 11) is 0. The first-order chi connectivity index (χ1) is 12.8. The number of rotatable bonds is 5. The van der Waals surface area contributed by atoms with Crippen LogP contribution in [0.2, 0.25) is 0 Å². The van der Waals surface area contributed by atoms with Crippen LogP contribution in [0.4, 0.5) is 18.9 Å². The van der Waals surface area contributed by atoms with Crippen LogP contribution in [0, 0.1) is 0 Å². The molecular weight excluding hydrogens is 361 g/mol. The van der Waals surface area contributed by atoms with Crippen molar-refractivity contribution >= 4 is 22.5 Å². The van der Waals surface area contributed by atoms with Gasteiger partial charge in [-0.3, -0.25) is 25.0 Å². The molecule has 0 fully saturated rings. The number of hydrogen-bond acceptors (Lipinski definition) is 4. The third-order valence-electron chi connectivity index (χ3n) is 3.85. The highest BCUT2D eigenvalue weighted by Gasteiger charge is 2.30. The maximum atomic E-state index is 12.7. The van der Waals surface area contributed by atoms with Crippen LogP contribution in [-0.2, 0) is 17.5 Å². The van der Waals surface area contributed by atoms with Crippen molar-refractivity contribution in [2.24, 2.45) is 0 Å². The van der Waals surface area contributed by atoms with Gasteiger partial charge >= 0.3 is 6.18 Å². The van der Waals surface area contributed by atoms with Crippen LogP contribution < -0.4 is 16.4 Å². The Labute approximate surface area is 151 Å². The molecule has 0 saturated carbocycles. The van der Waals surface area contributed by atoms with Crippen LogP contribution in [0.3, 0.4) is 0 Å². The molecule has 0 aliphatic carbocycles. The summed E-state index contributed by atoms with van der Waals surface area (Å²) >= 11 is 0. The van der Waals surface area contributed by atoms with Gasteiger partial charge in [-0.15, -0.1) is 0 Å². The van der Waals surface area contributed by atoms with Gasteiger partial charge < -0.3 is 0 Å². The molecule has 1 aromatic heterocycles. The Morgan fingerprint density at radius 3 is 2.67 bits per heavy atom. The van der Waals surface area contributed by atoms with E-state index in [-0.39, 0.29) is 24.2 Å². The second-order valence-corrected chi connectivity index (χ2v) is 5.76. The van der Waals surface area contributed by atoms with Gasteiger partial charge in [0.2, 0.25) is 5.91 Å². The molecule has 3 rings (SSSR count). The van der Waals surface area contributed by atoms with Crippen LogP contribution >= 0.6 is 0 Å². The van der Waals surface area contributed by atoms with Crippen molar-refractivity contribution in [1.29, 1.82) is 0 Å². The highest BCUT2D eigenvalue weighted by atomic mass is 19.4. The average molecular weight is 376 g/mol. The zero-order chi connectivity index (χ0) is 19.4. The van der Waals surface area contributed by atoms with E-state index in [0.29, 0.717) is 10.9 Å². The highest BCUT2D eigenvalue weighted by molar-refractivity contribution is 5.78. The van der Waals surface area contributed by atoms with E-state index in [1.165, 1.54) is 23.0 Å². The first-order valence-corrected chi connectivity index (χ1v) is 8.01. The Morgan fingerprint density at radius 2 is 1.89 bits per heavy atom.